The fraction of sp³-hybridized carbons (Fsp3) is 0.265. The van der Waals surface area contributed by atoms with Gasteiger partial charge in [0.2, 0.25) is 0 Å². The minimum Gasteiger partial charge on any atom is -0.496 e. The molecule has 0 heterocycles. The number of rotatable bonds is 11. The fourth-order valence-electron chi connectivity index (χ4n) is 4.92. The van der Waals surface area contributed by atoms with Crippen molar-refractivity contribution >= 4 is 5.78 Å². The van der Waals surface area contributed by atoms with E-state index in [-0.39, 0.29) is 32.2 Å². The molecule has 0 fully saturated rings. The van der Waals surface area contributed by atoms with Crippen molar-refractivity contribution in [1.82, 2.24) is 0 Å². The summed E-state index contributed by atoms with van der Waals surface area (Å²) in [6.45, 7) is 4.76. The Morgan fingerprint density at radius 2 is 1.05 bits per heavy atom. The van der Waals surface area contributed by atoms with Gasteiger partial charge in [-0.05, 0) is 66.6 Å². The Balaban J connectivity index is 1.67. The second-order valence-corrected chi connectivity index (χ2v) is 10.5. The maximum absolute atomic E-state index is 12.9. The van der Waals surface area contributed by atoms with Crippen LogP contribution in [0.3, 0.4) is 0 Å². The monoisotopic (exact) mass is 556 g/mol. The lowest BCUT2D eigenvalue weighted by atomic mass is 9.76. The third kappa shape index (κ3) is 6.19. The lowest BCUT2D eigenvalue weighted by Gasteiger charge is -2.30. The fourth-order valence-corrected chi connectivity index (χ4v) is 4.92. The Morgan fingerprint density at radius 3 is 1.44 bits per heavy atom. The van der Waals surface area contributed by atoms with Crippen molar-refractivity contribution in [3.8, 4) is 17.2 Å². The first kappa shape index (κ1) is 30.0. The van der Waals surface area contributed by atoms with E-state index in [0.29, 0.717) is 50.6 Å². The molecule has 0 radical (unpaired) electrons. The summed E-state index contributed by atoms with van der Waals surface area (Å²) in [5.74, 6) is 1.14. The minimum atomic E-state index is -0.634. The van der Waals surface area contributed by atoms with Crippen molar-refractivity contribution in [3.05, 3.63) is 123 Å². The lowest BCUT2D eigenvalue weighted by molar-refractivity contribution is 0.103. The number of hydrogen-bond acceptors (Lipinski definition) is 7. The summed E-state index contributed by atoms with van der Waals surface area (Å²) >= 11 is 0. The Bertz CT molecular complexity index is 1470. The molecule has 7 heteroatoms. The van der Waals surface area contributed by atoms with E-state index in [1.165, 1.54) is 7.11 Å². The molecule has 4 aromatic rings. The van der Waals surface area contributed by atoms with Crippen LogP contribution in [-0.4, -0.2) is 33.3 Å². The molecule has 0 aliphatic rings. The summed E-state index contributed by atoms with van der Waals surface area (Å²) in [4.78, 5) is 12.9. The van der Waals surface area contributed by atoms with E-state index in [4.69, 9.17) is 9.47 Å². The van der Waals surface area contributed by atoms with Gasteiger partial charge in [0.05, 0.1) is 33.5 Å². The lowest BCUT2D eigenvalue weighted by Crippen LogP contribution is -2.21. The second kappa shape index (κ2) is 12.7. The number of ketones is 1. The normalized spacial score (nSPS) is 11.4. The summed E-state index contributed by atoms with van der Waals surface area (Å²) in [5, 5.41) is 40.4. The van der Waals surface area contributed by atoms with Crippen LogP contribution in [0.2, 0.25) is 0 Å². The summed E-state index contributed by atoms with van der Waals surface area (Å²) in [6.07, 6.45) is 0. The highest BCUT2D eigenvalue weighted by Crippen LogP contribution is 2.40. The molecule has 0 aromatic heterocycles. The molecule has 0 aliphatic carbocycles. The molecule has 0 unspecified atom stereocenters. The maximum atomic E-state index is 12.9. The van der Waals surface area contributed by atoms with E-state index in [1.807, 2.05) is 57.2 Å². The molecule has 4 N–H and O–H groups in total. The summed E-state index contributed by atoms with van der Waals surface area (Å²) in [6, 6.07) is 21.5. The van der Waals surface area contributed by atoms with Crippen molar-refractivity contribution in [2.24, 2.45) is 0 Å². The topological polar surface area (TPSA) is 116 Å². The van der Waals surface area contributed by atoms with E-state index in [0.717, 1.165) is 16.7 Å². The van der Waals surface area contributed by atoms with Crippen molar-refractivity contribution < 1.29 is 34.7 Å². The van der Waals surface area contributed by atoms with Gasteiger partial charge in [-0.25, -0.2) is 0 Å². The molecular weight excluding hydrogens is 520 g/mol. The van der Waals surface area contributed by atoms with Gasteiger partial charge in [-0.2, -0.15) is 0 Å². The Hall–Kier alpha value is -4.01. The van der Waals surface area contributed by atoms with Crippen LogP contribution in [0.15, 0.2) is 72.8 Å². The number of aryl methyl sites for hydroxylation is 1. The van der Waals surface area contributed by atoms with Crippen LogP contribution in [0.25, 0.3) is 0 Å². The second-order valence-electron chi connectivity index (χ2n) is 10.5. The maximum Gasteiger partial charge on any atom is 0.193 e. The average Bonchev–Trinajstić information content (AvgIpc) is 3.00. The van der Waals surface area contributed by atoms with Crippen LogP contribution in [-0.2, 0) is 31.8 Å². The number of hydrogen-bond donors (Lipinski definition) is 4. The van der Waals surface area contributed by atoms with E-state index in [9.17, 15) is 25.2 Å². The van der Waals surface area contributed by atoms with Crippen LogP contribution in [0.1, 0.15) is 68.7 Å². The molecular formula is C34H36O7. The van der Waals surface area contributed by atoms with Gasteiger partial charge in [0.25, 0.3) is 0 Å². The Labute approximate surface area is 240 Å². The smallest absolute Gasteiger partial charge is 0.193 e. The molecule has 4 aromatic carbocycles. The summed E-state index contributed by atoms with van der Waals surface area (Å²) in [7, 11) is 1.49. The van der Waals surface area contributed by atoms with E-state index in [1.54, 1.807) is 36.4 Å². The van der Waals surface area contributed by atoms with Gasteiger partial charge in [0.15, 0.2) is 5.78 Å². The third-order valence-corrected chi connectivity index (χ3v) is 7.46. The number of aliphatic hydroxyl groups is 4. The highest BCUT2D eigenvalue weighted by molar-refractivity contribution is 6.09. The van der Waals surface area contributed by atoms with Crippen LogP contribution < -0.4 is 9.47 Å². The molecule has 7 nitrogen and oxygen atoms in total. The SMILES string of the molecule is COc1c(CO)cc(C(C)(C)c2cc(CO)c(Oc3ccc(C(=O)c4ccc(C)cc4)cc3)c(CO)c2)cc1CO. The first-order valence-corrected chi connectivity index (χ1v) is 13.4. The molecule has 41 heavy (non-hydrogen) atoms. The van der Waals surface area contributed by atoms with Crippen LogP contribution in [0, 0.1) is 6.92 Å². The van der Waals surface area contributed by atoms with Gasteiger partial charge in [0, 0.05) is 38.8 Å². The molecule has 0 amide bonds. The quantitative estimate of drug-likeness (QED) is 0.185. The summed E-state index contributed by atoms with van der Waals surface area (Å²) in [5.41, 5.74) is 5.26. The van der Waals surface area contributed by atoms with Gasteiger partial charge in [-0.3, -0.25) is 4.79 Å². The number of aliphatic hydroxyl groups excluding tert-OH is 4. The number of carbonyl (C=O) groups excluding carboxylic acids is 1. The number of carbonyl (C=O) groups is 1. The first-order valence-electron chi connectivity index (χ1n) is 13.4. The first-order chi connectivity index (χ1) is 19.7. The van der Waals surface area contributed by atoms with Crippen molar-refractivity contribution in [3.63, 3.8) is 0 Å². The number of benzene rings is 4. The van der Waals surface area contributed by atoms with Crippen molar-refractivity contribution in [2.45, 2.75) is 52.6 Å². The predicted molar refractivity (Wildman–Crippen MR) is 156 cm³/mol. The van der Waals surface area contributed by atoms with E-state index >= 15 is 0 Å². The number of methoxy groups -OCH3 is 1. The van der Waals surface area contributed by atoms with Crippen molar-refractivity contribution in [2.75, 3.05) is 7.11 Å². The predicted octanol–water partition coefficient (Wildman–Crippen LogP) is 5.32. The van der Waals surface area contributed by atoms with Gasteiger partial charge in [-0.1, -0.05) is 43.7 Å². The Morgan fingerprint density at radius 1 is 0.659 bits per heavy atom. The van der Waals surface area contributed by atoms with Gasteiger partial charge in [-0.15, -0.1) is 0 Å². The molecule has 0 atom stereocenters. The molecule has 4 rings (SSSR count). The Kier molecular flexibility index (Phi) is 9.25. The largest absolute Gasteiger partial charge is 0.496 e. The highest BCUT2D eigenvalue weighted by Gasteiger charge is 2.28. The van der Waals surface area contributed by atoms with Gasteiger partial charge >= 0.3 is 0 Å². The van der Waals surface area contributed by atoms with Crippen LogP contribution in [0.4, 0.5) is 0 Å². The van der Waals surface area contributed by atoms with Crippen molar-refractivity contribution in [1.29, 1.82) is 0 Å². The molecule has 0 spiro atoms. The molecule has 214 valence electrons. The standard InChI is InChI=1S/C34H36O7/c1-21-5-7-22(8-6-21)31(39)23-9-11-30(12-10-23)41-33-26(19-37)15-29(16-27(33)20-38)34(2,3)28-13-24(17-35)32(40-4)25(14-28)18-36/h5-16,35-38H,17-20H2,1-4H3. The zero-order valence-electron chi connectivity index (χ0n) is 23.8. The third-order valence-electron chi connectivity index (χ3n) is 7.46. The van der Waals surface area contributed by atoms with Crippen LogP contribution in [0.5, 0.6) is 17.2 Å². The molecule has 0 saturated heterocycles. The number of ether oxygens (including phenoxy) is 2. The van der Waals surface area contributed by atoms with E-state index in [2.05, 4.69) is 0 Å². The van der Waals surface area contributed by atoms with Gasteiger partial charge in [0.1, 0.15) is 17.2 Å². The van der Waals surface area contributed by atoms with Gasteiger partial charge < -0.3 is 29.9 Å². The average molecular weight is 557 g/mol. The minimum absolute atomic E-state index is 0.0949. The zero-order valence-corrected chi connectivity index (χ0v) is 23.8. The van der Waals surface area contributed by atoms with Crippen LogP contribution >= 0.6 is 0 Å². The molecule has 0 bridgehead atoms. The van der Waals surface area contributed by atoms with E-state index < -0.39 is 5.41 Å². The molecule has 0 aliphatic heterocycles. The highest BCUT2D eigenvalue weighted by atomic mass is 16.5. The summed E-state index contributed by atoms with van der Waals surface area (Å²) < 4.78 is 11.5. The zero-order chi connectivity index (χ0) is 29.7. The molecule has 0 saturated carbocycles.